The molecule has 2 nitrogen and oxygen atoms in total. The standard InChI is InChI=1S/C57H62N2/c1-5-7-15-42-24-29-48(30-25-42)58(47(6-2)23-14-18-41-16-8-9-17-41)51-34-36-53-54-37-35-52(40-56(54)57(3,4)55(53)39-51)59(50-33-28-44-21-12-13-22-46(44)38-50)49-31-26-45(27-32-49)43-19-10-11-20-43/h5-6,12-14,18,21-22,24-26,28-41,43,45,47H,1-2,7-11,15-17,19-20,23,27H2,3-4H3/b18-14+. The molecule has 4 aliphatic carbocycles. The van der Waals surface area contributed by atoms with Crippen LogP contribution in [0.25, 0.3) is 21.9 Å². The van der Waals surface area contributed by atoms with Crippen LogP contribution in [-0.2, 0) is 11.8 Å². The van der Waals surface area contributed by atoms with Crippen LogP contribution in [0, 0.1) is 17.8 Å². The quantitative estimate of drug-likeness (QED) is 0.104. The van der Waals surface area contributed by atoms with Crippen molar-refractivity contribution < 1.29 is 0 Å². The molecule has 2 atom stereocenters. The van der Waals surface area contributed by atoms with E-state index in [-0.39, 0.29) is 11.5 Å². The molecule has 0 spiro atoms. The smallest absolute Gasteiger partial charge is 0.0554 e. The number of allylic oxidation sites excluding steroid dienone is 5. The summed E-state index contributed by atoms with van der Waals surface area (Å²) in [5, 5.41) is 2.54. The van der Waals surface area contributed by atoms with E-state index in [9.17, 15) is 0 Å². The van der Waals surface area contributed by atoms with E-state index in [1.807, 2.05) is 6.08 Å². The predicted molar refractivity (Wildman–Crippen MR) is 254 cm³/mol. The Hall–Kier alpha value is -5.34. The van der Waals surface area contributed by atoms with E-state index >= 15 is 0 Å². The molecular formula is C57H62N2. The Labute approximate surface area is 354 Å². The van der Waals surface area contributed by atoms with E-state index in [0.717, 1.165) is 37.5 Å². The lowest BCUT2D eigenvalue weighted by atomic mass is 9.82. The van der Waals surface area contributed by atoms with Gasteiger partial charge < -0.3 is 9.80 Å². The molecule has 0 heterocycles. The Morgan fingerprint density at radius 3 is 2.05 bits per heavy atom. The van der Waals surface area contributed by atoms with Crippen molar-refractivity contribution in [2.24, 2.45) is 17.8 Å². The van der Waals surface area contributed by atoms with E-state index in [0.29, 0.717) is 5.92 Å². The number of hydrogen-bond acceptors (Lipinski definition) is 2. The summed E-state index contributed by atoms with van der Waals surface area (Å²) < 4.78 is 0. The number of fused-ring (bicyclic) bond motifs is 4. The lowest BCUT2D eigenvalue weighted by molar-refractivity contribution is 0.405. The van der Waals surface area contributed by atoms with Gasteiger partial charge in [0.15, 0.2) is 0 Å². The van der Waals surface area contributed by atoms with Crippen molar-refractivity contribution in [1.29, 1.82) is 0 Å². The molecule has 2 fully saturated rings. The van der Waals surface area contributed by atoms with E-state index in [1.165, 1.54) is 118 Å². The minimum absolute atomic E-state index is 0.129. The van der Waals surface area contributed by atoms with Crippen LogP contribution in [0.4, 0.5) is 22.7 Å². The topological polar surface area (TPSA) is 6.48 Å². The van der Waals surface area contributed by atoms with Crippen molar-refractivity contribution in [3.63, 3.8) is 0 Å². The SMILES string of the molecule is C=CCCc1ccc(N(c2ccc3c(c2)C(C)(C)c2cc(N(C4=CCC(C5CCCC5)C=C4)c4ccc5ccccc5c4)ccc2-3)C(C=C)C/C=C/C2CCCC2)cc1. The second-order valence-corrected chi connectivity index (χ2v) is 18.3. The minimum atomic E-state index is -0.192. The van der Waals surface area contributed by atoms with Gasteiger partial charge in [-0.25, -0.2) is 0 Å². The Balaban J connectivity index is 1.07. The summed E-state index contributed by atoms with van der Waals surface area (Å²) in [6.45, 7) is 13.2. The lowest BCUT2D eigenvalue weighted by Gasteiger charge is -2.33. The van der Waals surface area contributed by atoms with Crippen LogP contribution < -0.4 is 9.80 Å². The average molecular weight is 775 g/mol. The summed E-state index contributed by atoms with van der Waals surface area (Å²) >= 11 is 0. The summed E-state index contributed by atoms with van der Waals surface area (Å²) in [5.74, 6) is 2.20. The van der Waals surface area contributed by atoms with Gasteiger partial charge in [-0.2, -0.15) is 0 Å². The Morgan fingerprint density at radius 2 is 1.36 bits per heavy atom. The fourth-order valence-electron chi connectivity index (χ4n) is 10.8. The molecule has 0 amide bonds. The van der Waals surface area contributed by atoms with Crippen LogP contribution in [0.1, 0.15) is 101 Å². The Bertz CT molecular complexity index is 2390. The third-order valence-corrected chi connectivity index (χ3v) is 14.2. The third-order valence-electron chi connectivity index (χ3n) is 14.2. The molecule has 0 N–H and O–H groups in total. The predicted octanol–water partition coefficient (Wildman–Crippen LogP) is 15.9. The summed E-state index contributed by atoms with van der Waals surface area (Å²) in [6.07, 6.45) is 31.4. The number of nitrogens with zero attached hydrogens (tertiary/aromatic N) is 2. The summed E-state index contributed by atoms with van der Waals surface area (Å²) in [4.78, 5) is 5.03. The van der Waals surface area contributed by atoms with Gasteiger partial charge in [-0.15, -0.1) is 13.2 Å². The van der Waals surface area contributed by atoms with Crippen molar-refractivity contribution >= 4 is 33.5 Å². The molecule has 0 radical (unpaired) electrons. The number of benzene rings is 5. The molecule has 0 aromatic heterocycles. The van der Waals surface area contributed by atoms with Gasteiger partial charge in [0, 0.05) is 33.9 Å². The maximum absolute atomic E-state index is 4.40. The summed E-state index contributed by atoms with van der Waals surface area (Å²) in [5.41, 5.74) is 12.7. The van der Waals surface area contributed by atoms with Crippen LogP contribution in [0.3, 0.4) is 0 Å². The highest BCUT2D eigenvalue weighted by molar-refractivity contribution is 5.90. The van der Waals surface area contributed by atoms with Crippen molar-refractivity contribution in [2.75, 3.05) is 9.80 Å². The number of anilines is 4. The molecule has 300 valence electrons. The van der Waals surface area contributed by atoms with Gasteiger partial charge in [-0.05, 0) is 162 Å². The first-order chi connectivity index (χ1) is 28.9. The van der Waals surface area contributed by atoms with Crippen molar-refractivity contribution in [3.05, 3.63) is 181 Å². The first kappa shape index (κ1) is 39.1. The van der Waals surface area contributed by atoms with Gasteiger partial charge in [0.2, 0.25) is 0 Å². The van der Waals surface area contributed by atoms with Crippen LogP contribution in [0.5, 0.6) is 0 Å². The second kappa shape index (κ2) is 17.1. The van der Waals surface area contributed by atoms with Crippen LogP contribution in [0.15, 0.2) is 165 Å². The molecule has 5 aromatic rings. The highest BCUT2D eigenvalue weighted by Gasteiger charge is 2.37. The van der Waals surface area contributed by atoms with Crippen LogP contribution in [0.2, 0.25) is 0 Å². The molecule has 0 bridgehead atoms. The monoisotopic (exact) mass is 774 g/mol. The zero-order valence-corrected chi connectivity index (χ0v) is 35.5. The Morgan fingerprint density at radius 1 is 0.712 bits per heavy atom. The Kier molecular flexibility index (Phi) is 11.3. The molecular weight excluding hydrogens is 713 g/mol. The zero-order valence-electron chi connectivity index (χ0n) is 35.5. The van der Waals surface area contributed by atoms with Gasteiger partial charge in [0.1, 0.15) is 0 Å². The van der Waals surface area contributed by atoms with Gasteiger partial charge >= 0.3 is 0 Å². The molecule has 0 aliphatic heterocycles. The van der Waals surface area contributed by atoms with Gasteiger partial charge in [-0.3, -0.25) is 0 Å². The normalized spacial score (nSPS) is 19.2. The largest absolute Gasteiger partial charge is 0.334 e. The molecule has 0 saturated heterocycles. The first-order valence-corrected chi connectivity index (χ1v) is 22.7. The highest BCUT2D eigenvalue weighted by atomic mass is 15.2. The third kappa shape index (κ3) is 7.92. The fraction of sp³-hybridized carbons (Fsp3) is 0.333. The molecule has 2 heteroatoms. The molecule has 5 aromatic carbocycles. The van der Waals surface area contributed by atoms with Crippen molar-refractivity contribution in [1.82, 2.24) is 0 Å². The molecule has 2 unspecified atom stereocenters. The fourth-order valence-corrected chi connectivity index (χ4v) is 10.8. The van der Waals surface area contributed by atoms with Crippen molar-refractivity contribution in [2.45, 2.75) is 102 Å². The van der Waals surface area contributed by atoms with E-state index < -0.39 is 0 Å². The minimum Gasteiger partial charge on any atom is -0.334 e. The molecule has 9 rings (SSSR count). The average Bonchev–Trinajstić information content (AvgIpc) is 4.05. The van der Waals surface area contributed by atoms with Gasteiger partial charge in [-0.1, -0.05) is 131 Å². The maximum Gasteiger partial charge on any atom is 0.0554 e. The first-order valence-electron chi connectivity index (χ1n) is 22.7. The van der Waals surface area contributed by atoms with Crippen molar-refractivity contribution in [3.8, 4) is 11.1 Å². The van der Waals surface area contributed by atoms with E-state index in [2.05, 4.69) is 176 Å². The summed E-state index contributed by atoms with van der Waals surface area (Å²) in [6, 6.07) is 39.5. The van der Waals surface area contributed by atoms with E-state index in [1.54, 1.807) is 0 Å². The number of aryl methyl sites for hydroxylation is 1. The summed E-state index contributed by atoms with van der Waals surface area (Å²) in [7, 11) is 0. The van der Waals surface area contributed by atoms with Gasteiger partial charge in [0.05, 0.1) is 6.04 Å². The van der Waals surface area contributed by atoms with E-state index in [4.69, 9.17) is 0 Å². The second-order valence-electron chi connectivity index (χ2n) is 18.3. The maximum atomic E-state index is 4.40. The van der Waals surface area contributed by atoms with Crippen LogP contribution >= 0.6 is 0 Å². The molecule has 4 aliphatic rings. The van der Waals surface area contributed by atoms with Gasteiger partial charge in [0.25, 0.3) is 0 Å². The van der Waals surface area contributed by atoms with Crippen LogP contribution in [-0.4, -0.2) is 6.04 Å². The molecule has 2 saturated carbocycles. The lowest BCUT2D eigenvalue weighted by Crippen LogP contribution is -2.29. The number of hydrogen-bond donors (Lipinski definition) is 0. The zero-order chi connectivity index (χ0) is 40.3. The molecule has 59 heavy (non-hydrogen) atoms. The highest BCUT2D eigenvalue weighted by Crippen LogP contribution is 2.52. The number of rotatable bonds is 14.